The third-order valence-electron chi connectivity index (χ3n) is 5.69. The lowest BCUT2D eigenvalue weighted by Gasteiger charge is -2.37. The van der Waals surface area contributed by atoms with Crippen molar-refractivity contribution in [1.82, 2.24) is 0 Å². The van der Waals surface area contributed by atoms with E-state index in [0.29, 0.717) is 6.42 Å². The zero-order valence-electron chi connectivity index (χ0n) is 12.0. The number of carbonyl (C=O) groups excluding carboxylic acids is 1. The van der Waals surface area contributed by atoms with E-state index in [4.69, 9.17) is 4.74 Å². The first-order valence-electron chi connectivity index (χ1n) is 7.38. The van der Waals surface area contributed by atoms with Crippen molar-refractivity contribution in [2.45, 2.75) is 43.7 Å². The summed E-state index contributed by atoms with van der Waals surface area (Å²) in [4.78, 5) is 11.9. The molecule has 0 bridgehead atoms. The fraction of sp³-hybridized carbons (Fsp3) is 0.800. The maximum absolute atomic E-state index is 11.9. The Labute approximate surface area is 123 Å². The second-order valence-electron chi connectivity index (χ2n) is 6.73. The number of aliphatic hydroxyl groups excluding tert-OH is 3. The van der Waals surface area contributed by atoms with Gasteiger partial charge in [0.25, 0.3) is 0 Å². The van der Waals surface area contributed by atoms with Gasteiger partial charge in [0.1, 0.15) is 11.7 Å². The Balaban J connectivity index is 2.07. The van der Waals surface area contributed by atoms with E-state index in [1.165, 1.54) is 0 Å². The van der Waals surface area contributed by atoms with E-state index >= 15 is 0 Å². The first-order chi connectivity index (χ1) is 9.81. The molecule has 1 heterocycles. The van der Waals surface area contributed by atoms with Gasteiger partial charge in [-0.3, -0.25) is 4.79 Å². The van der Waals surface area contributed by atoms with Crippen molar-refractivity contribution >= 4 is 5.97 Å². The average Bonchev–Trinajstić information content (AvgIpc) is 2.82. The van der Waals surface area contributed by atoms with Crippen LogP contribution in [0.25, 0.3) is 0 Å². The number of aliphatic hydroxyl groups is 4. The Morgan fingerprint density at radius 2 is 2.10 bits per heavy atom. The summed E-state index contributed by atoms with van der Waals surface area (Å²) in [6.45, 7) is 5.05. The van der Waals surface area contributed by atoms with Crippen LogP contribution in [0.4, 0.5) is 0 Å². The average molecular weight is 298 g/mol. The van der Waals surface area contributed by atoms with Crippen LogP contribution in [-0.2, 0) is 9.53 Å². The van der Waals surface area contributed by atoms with Crippen LogP contribution in [0.2, 0.25) is 0 Å². The lowest BCUT2D eigenvalue weighted by Crippen LogP contribution is -2.53. The molecule has 0 aromatic carbocycles. The van der Waals surface area contributed by atoms with Crippen LogP contribution in [0.1, 0.15) is 19.8 Å². The highest BCUT2D eigenvalue weighted by Crippen LogP contribution is 2.54. The van der Waals surface area contributed by atoms with E-state index < -0.39 is 54.2 Å². The van der Waals surface area contributed by atoms with Gasteiger partial charge in [0.2, 0.25) is 0 Å². The fourth-order valence-electron chi connectivity index (χ4n) is 4.49. The molecule has 3 fully saturated rings. The zero-order chi connectivity index (χ0) is 15.5. The van der Waals surface area contributed by atoms with Crippen molar-refractivity contribution in [3.05, 3.63) is 12.2 Å². The molecule has 0 amide bonds. The van der Waals surface area contributed by atoms with Gasteiger partial charge in [-0.2, -0.15) is 0 Å². The molecule has 6 nitrogen and oxygen atoms in total. The fourth-order valence-corrected chi connectivity index (χ4v) is 4.49. The van der Waals surface area contributed by atoms with E-state index in [9.17, 15) is 25.2 Å². The van der Waals surface area contributed by atoms with Crippen LogP contribution in [-0.4, -0.2) is 56.9 Å². The highest BCUT2D eigenvalue weighted by molar-refractivity contribution is 5.75. The molecule has 0 spiro atoms. The molecule has 1 aliphatic heterocycles. The van der Waals surface area contributed by atoms with Crippen LogP contribution in [0.15, 0.2) is 12.2 Å². The summed E-state index contributed by atoms with van der Waals surface area (Å²) in [6.07, 6.45) is -2.00. The zero-order valence-corrected chi connectivity index (χ0v) is 12.0. The van der Waals surface area contributed by atoms with Gasteiger partial charge in [0.05, 0.1) is 24.7 Å². The molecule has 4 N–H and O–H groups in total. The summed E-state index contributed by atoms with van der Waals surface area (Å²) >= 11 is 0. The van der Waals surface area contributed by atoms with Crippen LogP contribution in [0.5, 0.6) is 0 Å². The number of ether oxygens (including phenoxy) is 1. The Hall–Kier alpha value is -0.950. The van der Waals surface area contributed by atoms with Crippen molar-refractivity contribution in [3.63, 3.8) is 0 Å². The predicted molar refractivity (Wildman–Crippen MR) is 71.9 cm³/mol. The maximum Gasteiger partial charge on any atom is 0.309 e. The van der Waals surface area contributed by atoms with Gasteiger partial charge in [-0.1, -0.05) is 19.1 Å². The van der Waals surface area contributed by atoms with E-state index in [1.807, 2.05) is 0 Å². The number of rotatable bonds is 1. The molecule has 8 atom stereocenters. The molecule has 0 unspecified atom stereocenters. The number of carbonyl (C=O) groups is 1. The van der Waals surface area contributed by atoms with Crippen molar-refractivity contribution < 1.29 is 30.0 Å². The smallest absolute Gasteiger partial charge is 0.309 e. The van der Waals surface area contributed by atoms with Crippen LogP contribution >= 0.6 is 0 Å². The minimum Gasteiger partial charge on any atom is -0.461 e. The minimum atomic E-state index is -1.73. The topological polar surface area (TPSA) is 107 Å². The molecule has 0 aromatic heterocycles. The van der Waals surface area contributed by atoms with Gasteiger partial charge in [0.15, 0.2) is 0 Å². The quantitative estimate of drug-likeness (QED) is 0.373. The summed E-state index contributed by atoms with van der Waals surface area (Å²) in [6, 6.07) is 0. The summed E-state index contributed by atoms with van der Waals surface area (Å²) in [5.41, 5.74) is -1.00. The molecular formula is C15H22O6. The minimum absolute atomic E-state index is 0.252. The lowest BCUT2D eigenvalue weighted by atomic mass is 9.75. The molecule has 118 valence electrons. The molecule has 1 saturated heterocycles. The molecule has 2 aliphatic carbocycles. The van der Waals surface area contributed by atoms with E-state index in [0.717, 1.165) is 5.57 Å². The lowest BCUT2D eigenvalue weighted by molar-refractivity contribution is -0.162. The van der Waals surface area contributed by atoms with Crippen LogP contribution in [0.3, 0.4) is 0 Å². The molecule has 21 heavy (non-hydrogen) atoms. The molecule has 0 aromatic rings. The normalized spacial score (nSPS) is 53.1. The van der Waals surface area contributed by atoms with Crippen molar-refractivity contribution in [3.8, 4) is 0 Å². The SMILES string of the molecule is C=C1C[C@H](O)[C@@H]2[C@H](OC(=O)[C@@H]2C)[C@@H]2[C@H]1C[C@H](O)[C@]2(O)CO. The predicted octanol–water partition coefficient (Wildman–Crippen LogP) is -0.795. The largest absolute Gasteiger partial charge is 0.461 e. The maximum atomic E-state index is 11.9. The second kappa shape index (κ2) is 4.78. The van der Waals surface area contributed by atoms with Crippen molar-refractivity contribution in [2.24, 2.45) is 23.7 Å². The Morgan fingerprint density at radius 3 is 2.71 bits per heavy atom. The number of esters is 1. The Kier molecular flexibility index (Phi) is 3.40. The van der Waals surface area contributed by atoms with Gasteiger partial charge in [0, 0.05) is 11.8 Å². The van der Waals surface area contributed by atoms with E-state index in [-0.39, 0.29) is 12.3 Å². The van der Waals surface area contributed by atoms with Crippen molar-refractivity contribution in [2.75, 3.05) is 6.61 Å². The third-order valence-corrected chi connectivity index (χ3v) is 5.69. The molecule has 3 rings (SSSR count). The summed E-state index contributed by atoms with van der Waals surface area (Å²) in [5, 5.41) is 40.8. The van der Waals surface area contributed by atoms with Crippen LogP contribution in [0, 0.1) is 23.7 Å². The highest BCUT2D eigenvalue weighted by Gasteiger charge is 2.64. The number of hydrogen-bond acceptors (Lipinski definition) is 6. The third kappa shape index (κ3) is 1.90. The summed E-state index contributed by atoms with van der Waals surface area (Å²) in [7, 11) is 0. The number of hydrogen-bond donors (Lipinski definition) is 4. The number of fused-ring (bicyclic) bond motifs is 3. The Morgan fingerprint density at radius 1 is 1.43 bits per heavy atom. The summed E-state index contributed by atoms with van der Waals surface area (Å²) < 4.78 is 5.41. The highest BCUT2D eigenvalue weighted by atomic mass is 16.6. The van der Waals surface area contributed by atoms with E-state index in [2.05, 4.69) is 6.58 Å². The monoisotopic (exact) mass is 298 g/mol. The second-order valence-corrected chi connectivity index (χ2v) is 6.73. The van der Waals surface area contributed by atoms with Gasteiger partial charge in [-0.15, -0.1) is 0 Å². The first-order valence-corrected chi connectivity index (χ1v) is 7.38. The Bertz CT molecular complexity index is 477. The van der Waals surface area contributed by atoms with Gasteiger partial charge in [-0.05, 0) is 18.8 Å². The molecule has 2 saturated carbocycles. The molecular weight excluding hydrogens is 276 g/mol. The van der Waals surface area contributed by atoms with E-state index in [1.54, 1.807) is 6.92 Å². The van der Waals surface area contributed by atoms with Gasteiger partial charge in [-0.25, -0.2) is 0 Å². The standard InChI is InChI=1S/C15H22O6/c1-6-3-9(17)11-7(2)14(19)21-13(11)12-8(6)4-10(18)15(12,20)5-16/h7-13,16-18,20H,1,3-5H2,2H3/t7-,8+,9+,10+,11-,12+,13+,15-/m1/s1. The van der Waals surface area contributed by atoms with Crippen molar-refractivity contribution in [1.29, 1.82) is 0 Å². The first kappa shape index (κ1) is 15.0. The van der Waals surface area contributed by atoms with Gasteiger partial charge >= 0.3 is 5.97 Å². The van der Waals surface area contributed by atoms with Gasteiger partial charge < -0.3 is 25.2 Å². The molecule has 0 radical (unpaired) electrons. The molecule has 6 heteroatoms. The summed E-state index contributed by atoms with van der Waals surface area (Å²) in [5.74, 6) is -2.25. The van der Waals surface area contributed by atoms with Crippen LogP contribution < -0.4 is 0 Å². The molecule has 3 aliphatic rings.